The molecule has 0 radical (unpaired) electrons. The molecule has 0 rings (SSSR count). The predicted octanol–water partition coefficient (Wildman–Crippen LogP) is 0.132. The van der Waals surface area contributed by atoms with E-state index in [-0.39, 0.29) is 5.75 Å². The van der Waals surface area contributed by atoms with E-state index >= 15 is 0 Å². The summed E-state index contributed by atoms with van der Waals surface area (Å²) >= 11 is 1.48. The maximum Gasteiger partial charge on any atom is 0.321 e. The van der Waals surface area contributed by atoms with Crippen LogP contribution in [-0.4, -0.2) is 43.3 Å². The summed E-state index contributed by atoms with van der Waals surface area (Å²) in [6, 6.07) is -1.01. The maximum atomic E-state index is 11.1. The third kappa shape index (κ3) is 5.46. The molecular formula is C7H15NO4S2. The molecule has 0 aromatic heterocycles. The van der Waals surface area contributed by atoms with E-state index in [9.17, 15) is 13.2 Å². The van der Waals surface area contributed by atoms with E-state index in [1.54, 1.807) is 0 Å². The van der Waals surface area contributed by atoms with Crippen LogP contribution < -0.4 is 4.72 Å². The van der Waals surface area contributed by atoms with E-state index in [1.807, 2.05) is 6.26 Å². The maximum absolute atomic E-state index is 11.1. The zero-order chi connectivity index (χ0) is 11.2. The van der Waals surface area contributed by atoms with Gasteiger partial charge in [0, 0.05) is 0 Å². The number of aliphatic carboxylic acids is 1. The number of hydrogen-bond acceptors (Lipinski definition) is 4. The Hall–Kier alpha value is -0.270. The zero-order valence-electron chi connectivity index (χ0n) is 8.19. The van der Waals surface area contributed by atoms with Crippen LogP contribution in [0.15, 0.2) is 0 Å². The lowest BCUT2D eigenvalue weighted by atomic mass is 10.2. The molecule has 0 bridgehead atoms. The molecule has 0 spiro atoms. The van der Waals surface area contributed by atoms with E-state index in [1.165, 1.54) is 18.7 Å². The van der Waals surface area contributed by atoms with Gasteiger partial charge in [0.2, 0.25) is 10.0 Å². The van der Waals surface area contributed by atoms with Gasteiger partial charge in [0.05, 0.1) is 5.75 Å². The van der Waals surface area contributed by atoms with Crippen molar-refractivity contribution in [2.24, 2.45) is 0 Å². The first kappa shape index (κ1) is 13.7. The highest BCUT2D eigenvalue weighted by atomic mass is 32.2. The Bertz CT molecular complexity index is 275. The van der Waals surface area contributed by atoms with Gasteiger partial charge in [-0.05, 0) is 25.4 Å². The van der Waals surface area contributed by atoms with Crippen molar-refractivity contribution in [2.75, 3.05) is 17.8 Å². The summed E-state index contributed by atoms with van der Waals surface area (Å²) in [4.78, 5) is 10.7. The lowest BCUT2D eigenvalue weighted by Gasteiger charge is -2.12. The highest BCUT2D eigenvalue weighted by Crippen LogP contribution is 2.02. The predicted molar refractivity (Wildman–Crippen MR) is 57.0 cm³/mol. The summed E-state index contributed by atoms with van der Waals surface area (Å²) in [5.74, 6) is -0.615. The minimum Gasteiger partial charge on any atom is -0.480 e. The lowest BCUT2D eigenvalue weighted by molar-refractivity contribution is -0.139. The minimum atomic E-state index is -3.43. The number of carbonyl (C=O) groups is 1. The normalized spacial score (nSPS) is 13.9. The number of carboxylic acid groups (broad SMARTS) is 1. The van der Waals surface area contributed by atoms with Crippen molar-refractivity contribution in [3.8, 4) is 0 Å². The van der Waals surface area contributed by atoms with Crippen molar-refractivity contribution in [3.05, 3.63) is 0 Å². The Kier molecular flexibility index (Phi) is 6.14. The molecular weight excluding hydrogens is 226 g/mol. The summed E-state index contributed by atoms with van der Waals surface area (Å²) in [6.45, 7) is 1.47. The van der Waals surface area contributed by atoms with Crippen LogP contribution in [0.2, 0.25) is 0 Å². The smallest absolute Gasteiger partial charge is 0.321 e. The Balaban J connectivity index is 4.31. The van der Waals surface area contributed by atoms with Gasteiger partial charge in [-0.3, -0.25) is 4.79 Å². The van der Waals surface area contributed by atoms with Crippen molar-refractivity contribution in [1.29, 1.82) is 0 Å². The fourth-order valence-electron chi connectivity index (χ4n) is 0.769. The van der Waals surface area contributed by atoms with Crippen molar-refractivity contribution in [3.63, 3.8) is 0 Å². The van der Waals surface area contributed by atoms with E-state index in [0.717, 1.165) is 0 Å². The number of carboxylic acids is 1. The number of thioether (sulfide) groups is 1. The largest absolute Gasteiger partial charge is 0.480 e. The van der Waals surface area contributed by atoms with Gasteiger partial charge in [-0.1, -0.05) is 0 Å². The highest BCUT2D eigenvalue weighted by molar-refractivity contribution is 7.98. The summed E-state index contributed by atoms with van der Waals surface area (Å²) < 4.78 is 24.3. The first-order valence-electron chi connectivity index (χ1n) is 4.14. The second kappa shape index (κ2) is 6.26. The summed E-state index contributed by atoms with van der Waals surface area (Å²) in [5.41, 5.74) is 0. The fourth-order valence-corrected chi connectivity index (χ4v) is 2.06. The van der Waals surface area contributed by atoms with Crippen LogP contribution in [-0.2, 0) is 14.8 Å². The second-order valence-electron chi connectivity index (χ2n) is 2.69. The molecule has 1 unspecified atom stereocenters. The van der Waals surface area contributed by atoms with Crippen molar-refractivity contribution in [2.45, 2.75) is 19.4 Å². The molecule has 0 aromatic carbocycles. The van der Waals surface area contributed by atoms with Crippen LogP contribution in [0.5, 0.6) is 0 Å². The van der Waals surface area contributed by atoms with Gasteiger partial charge in [-0.15, -0.1) is 0 Å². The first-order chi connectivity index (χ1) is 6.43. The average Bonchev–Trinajstić information content (AvgIpc) is 2.12. The first-order valence-corrected chi connectivity index (χ1v) is 7.19. The van der Waals surface area contributed by atoms with E-state index in [0.29, 0.717) is 12.2 Å². The Morgan fingerprint density at radius 2 is 2.14 bits per heavy atom. The number of rotatable bonds is 7. The molecule has 5 nitrogen and oxygen atoms in total. The van der Waals surface area contributed by atoms with Gasteiger partial charge in [0.1, 0.15) is 6.04 Å². The Morgan fingerprint density at radius 1 is 1.57 bits per heavy atom. The topological polar surface area (TPSA) is 83.5 Å². The zero-order valence-corrected chi connectivity index (χ0v) is 9.82. The van der Waals surface area contributed by atoms with Crippen molar-refractivity contribution >= 4 is 27.8 Å². The van der Waals surface area contributed by atoms with Gasteiger partial charge < -0.3 is 5.11 Å². The summed E-state index contributed by atoms with van der Waals surface area (Å²) in [7, 11) is -3.43. The molecule has 0 fully saturated rings. The molecule has 7 heteroatoms. The van der Waals surface area contributed by atoms with Crippen molar-refractivity contribution < 1.29 is 18.3 Å². The van der Waals surface area contributed by atoms with Crippen LogP contribution in [0.4, 0.5) is 0 Å². The fraction of sp³-hybridized carbons (Fsp3) is 0.857. The van der Waals surface area contributed by atoms with Gasteiger partial charge in [0.15, 0.2) is 0 Å². The van der Waals surface area contributed by atoms with Gasteiger partial charge in [-0.2, -0.15) is 11.8 Å². The van der Waals surface area contributed by atoms with Crippen LogP contribution in [0.25, 0.3) is 0 Å². The molecule has 14 heavy (non-hydrogen) atoms. The quantitative estimate of drug-likeness (QED) is 0.662. The molecule has 0 saturated carbocycles. The molecule has 0 aromatic rings. The van der Waals surface area contributed by atoms with Gasteiger partial charge in [-0.25, -0.2) is 13.1 Å². The molecule has 0 aliphatic heterocycles. The second-order valence-corrected chi connectivity index (χ2v) is 5.72. The Labute approximate surface area is 88.3 Å². The molecule has 0 heterocycles. The Morgan fingerprint density at radius 3 is 2.50 bits per heavy atom. The molecule has 0 amide bonds. The summed E-state index contributed by atoms with van der Waals surface area (Å²) in [6.07, 6.45) is 2.14. The number of sulfonamides is 1. The van der Waals surface area contributed by atoms with E-state index in [4.69, 9.17) is 5.11 Å². The standard InChI is InChI=1S/C7H15NO4S2/c1-3-14(11,12)8-6(7(9)10)4-5-13-2/h6,8H,3-5H2,1-2H3,(H,9,10). The van der Waals surface area contributed by atoms with Gasteiger partial charge >= 0.3 is 5.97 Å². The van der Waals surface area contributed by atoms with Crippen LogP contribution >= 0.6 is 11.8 Å². The average molecular weight is 241 g/mol. The molecule has 0 saturated heterocycles. The number of hydrogen-bond donors (Lipinski definition) is 2. The SMILES string of the molecule is CCS(=O)(=O)NC(CCSC)C(=O)O. The lowest BCUT2D eigenvalue weighted by Crippen LogP contribution is -2.41. The van der Waals surface area contributed by atoms with Crippen LogP contribution in [0, 0.1) is 0 Å². The van der Waals surface area contributed by atoms with E-state index in [2.05, 4.69) is 4.72 Å². The van der Waals surface area contributed by atoms with E-state index < -0.39 is 22.0 Å². The monoisotopic (exact) mass is 241 g/mol. The van der Waals surface area contributed by atoms with Crippen LogP contribution in [0.1, 0.15) is 13.3 Å². The summed E-state index contributed by atoms with van der Waals surface area (Å²) in [5, 5.41) is 8.72. The molecule has 84 valence electrons. The van der Waals surface area contributed by atoms with Crippen LogP contribution in [0.3, 0.4) is 0 Å². The molecule has 2 N–H and O–H groups in total. The van der Waals surface area contributed by atoms with Crippen molar-refractivity contribution in [1.82, 2.24) is 4.72 Å². The molecule has 1 atom stereocenters. The minimum absolute atomic E-state index is 0.101. The number of nitrogens with one attached hydrogen (secondary N) is 1. The highest BCUT2D eigenvalue weighted by Gasteiger charge is 2.21. The van der Waals surface area contributed by atoms with Gasteiger partial charge in [0.25, 0.3) is 0 Å². The molecule has 0 aliphatic rings. The third-order valence-corrected chi connectivity index (χ3v) is 3.66. The third-order valence-electron chi connectivity index (χ3n) is 1.61. The molecule has 0 aliphatic carbocycles.